The van der Waals surface area contributed by atoms with E-state index in [4.69, 9.17) is 23.2 Å². The predicted octanol–water partition coefficient (Wildman–Crippen LogP) is 2.85. The highest BCUT2D eigenvalue weighted by atomic mass is 35.5. The van der Waals surface area contributed by atoms with Crippen molar-refractivity contribution >= 4 is 34.8 Å². The lowest BCUT2D eigenvalue weighted by Crippen LogP contribution is -2.14. The summed E-state index contributed by atoms with van der Waals surface area (Å²) >= 11 is 11.6. The van der Waals surface area contributed by atoms with Gasteiger partial charge in [-0.1, -0.05) is 35.3 Å². The molecule has 1 heterocycles. The van der Waals surface area contributed by atoms with E-state index in [1.807, 2.05) is 12.1 Å². The van der Waals surface area contributed by atoms with Crippen LogP contribution in [0.2, 0.25) is 10.0 Å². The second-order valence-electron chi connectivity index (χ2n) is 3.00. The standard InChI is InChI=1S/C10H7Cl2NO/c11-7-2-1-6(5-8(7)12)9-3-4-10(14)13-9/h1-3,5H,4H2,(H,13,14). The third-order valence-corrected chi connectivity index (χ3v) is 2.74. The number of hydrogen-bond acceptors (Lipinski definition) is 1. The maximum Gasteiger partial charge on any atom is 0.228 e. The minimum atomic E-state index is 0.00562. The molecule has 0 unspecified atom stereocenters. The summed E-state index contributed by atoms with van der Waals surface area (Å²) < 4.78 is 0. The van der Waals surface area contributed by atoms with E-state index in [2.05, 4.69) is 5.32 Å². The smallest absolute Gasteiger partial charge is 0.228 e. The van der Waals surface area contributed by atoms with Gasteiger partial charge in [-0.2, -0.15) is 0 Å². The van der Waals surface area contributed by atoms with Crippen molar-refractivity contribution in [2.24, 2.45) is 0 Å². The van der Waals surface area contributed by atoms with Gasteiger partial charge in [0.05, 0.1) is 10.0 Å². The first-order valence-corrected chi connectivity index (χ1v) is 4.88. The minimum absolute atomic E-state index is 0.00562. The quantitative estimate of drug-likeness (QED) is 0.786. The molecule has 0 saturated heterocycles. The summed E-state index contributed by atoms with van der Waals surface area (Å²) in [6.45, 7) is 0. The van der Waals surface area contributed by atoms with Gasteiger partial charge in [-0.3, -0.25) is 4.79 Å². The summed E-state index contributed by atoms with van der Waals surface area (Å²) in [6, 6.07) is 5.28. The van der Waals surface area contributed by atoms with Gasteiger partial charge in [-0.25, -0.2) is 0 Å². The van der Waals surface area contributed by atoms with Crippen LogP contribution >= 0.6 is 23.2 Å². The Morgan fingerprint density at radius 3 is 2.57 bits per heavy atom. The van der Waals surface area contributed by atoms with Crippen LogP contribution in [0.5, 0.6) is 0 Å². The van der Waals surface area contributed by atoms with Crippen molar-refractivity contribution < 1.29 is 4.79 Å². The number of rotatable bonds is 1. The van der Waals surface area contributed by atoms with Gasteiger partial charge in [0, 0.05) is 12.1 Å². The summed E-state index contributed by atoms with van der Waals surface area (Å²) in [4.78, 5) is 11.0. The van der Waals surface area contributed by atoms with Crippen LogP contribution in [0.4, 0.5) is 0 Å². The number of hydrogen-bond donors (Lipinski definition) is 1. The Bertz CT molecular complexity index is 426. The Morgan fingerprint density at radius 1 is 1.21 bits per heavy atom. The van der Waals surface area contributed by atoms with Gasteiger partial charge < -0.3 is 5.32 Å². The molecule has 0 aliphatic carbocycles. The average Bonchev–Trinajstić information content (AvgIpc) is 2.57. The molecular weight excluding hydrogens is 221 g/mol. The monoisotopic (exact) mass is 227 g/mol. The largest absolute Gasteiger partial charge is 0.326 e. The van der Waals surface area contributed by atoms with Crippen LogP contribution in [0.15, 0.2) is 24.3 Å². The molecule has 0 bridgehead atoms. The molecule has 1 aliphatic rings. The van der Waals surface area contributed by atoms with Gasteiger partial charge in [0.15, 0.2) is 0 Å². The fourth-order valence-electron chi connectivity index (χ4n) is 1.30. The molecule has 0 aromatic heterocycles. The van der Waals surface area contributed by atoms with E-state index in [9.17, 15) is 4.79 Å². The molecule has 1 amide bonds. The molecule has 14 heavy (non-hydrogen) atoms. The number of benzene rings is 1. The first kappa shape index (κ1) is 9.56. The zero-order chi connectivity index (χ0) is 10.1. The minimum Gasteiger partial charge on any atom is -0.326 e. The third-order valence-electron chi connectivity index (χ3n) is 2.00. The predicted molar refractivity (Wildman–Crippen MR) is 57.2 cm³/mol. The van der Waals surface area contributed by atoms with Gasteiger partial charge in [-0.15, -0.1) is 0 Å². The third kappa shape index (κ3) is 1.76. The highest BCUT2D eigenvalue weighted by Gasteiger charge is 2.13. The van der Waals surface area contributed by atoms with Crippen LogP contribution in [0.1, 0.15) is 12.0 Å². The second-order valence-corrected chi connectivity index (χ2v) is 3.81. The number of halogens is 2. The SMILES string of the molecule is O=C1CC=C(c2ccc(Cl)c(Cl)c2)N1. The lowest BCUT2D eigenvalue weighted by molar-refractivity contribution is -0.118. The molecule has 2 rings (SSSR count). The molecule has 1 aliphatic heterocycles. The highest BCUT2D eigenvalue weighted by Crippen LogP contribution is 2.26. The van der Waals surface area contributed by atoms with Crippen LogP contribution in [0.25, 0.3) is 5.70 Å². The van der Waals surface area contributed by atoms with Crippen LogP contribution in [0, 0.1) is 0 Å². The van der Waals surface area contributed by atoms with Crippen molar-refractivity contribution in [3.63, 3.8) is 0 Å². The van der Waals surface area contributed by atoms with Crippen LogP contribution < -0.4 is 5.32 Å². The van der Waals surface area contributed by atoms with Crippen molar-refractivity contribution in [2.45, 2.75) is 6.42 Å². The number of carbonyl (C=O) groups excluding carboxylic acids is 1. The Kier molecular flexibility index (Phi) is 2.48. The fraction of sp³-hybridized carbons (Fsp3) is 0.100. The molecule has 4 heteroatoms. The van der Waals surface area contributed by atoms with E-state index >= 15 is 0 Å². The Balaban J connectivity index is 2.34. The van der Waals surface area contributed by atoms with Gasteiger partial charge in [0.2, 0.25) is 5.91 Å². The molecule has 0 atom stereocenters. The summed E-state index contributed by atoms with van der Waals surface area (Å²) in [5, 5.41) is 3.74. The molecule has 0 saturated carbocycles. The molecular formula is C10H7Cl2NO. The summed E-state index contributed by atoms with van der Waals surface area (Å²) in [5.74, 6) is 0.00562. The number of carbonyl (C=O) groups is 1. The second kappa shape index (κ2) is 3.64. The van der Waals surface area contributed by atoms with Crippen molar-refractivity contribution in [2.75, 3.05) is 0 Å². The summed E-state index contributed by atoms with van der Waals surface area (Å²) in [5.41, 5.74) is 1.68. The number of nitrogens with one attached hydrogen (secondary N) is 1. The van der Waals surface area contributed by atoms with Gasteiger partial charge in [-0.05, 0) is 17.7 Å². The lowest BCUT2D eigenvalue weighted by atomic mass is 10.1. The van der Waals surface area contributed by atoms with E-state index < -0.39 is 0 Å². The normalized spacial score (nSPS) is 15.3. The Morgan fingerprint density at radius 2 is 2.00 bits per heavy atom. The molecule has 0 spiro atoms. The zero-order valence-electron chi connectivity index (χ0n) is 7.18. The van der Waals surface area contributed by atoms with Gasteiger partial charge in [0.1, 0.15) is 0 Å². The van der Waals surface area contributed by atoms with E-state index in [-0.39, 0.29) is 5.91 Å². The summed E-state index contributed by atoms with van der Waals surface area (Å²) in [6.07, 6.45) is 2.26. The van der Waals surface area contributed by atoms with E-state index in [0.717, 1.165) is 11.3 Å². The van der Waals surface area contributed by atoms with E-state index in [1.54, 1.807) is 12.1 Å². The maximum absolute atomic E-state index is 11.0. The molecule has 2 nitrogen and oxygen atoms in total. The van der Waals surface area contributed by atoms with E-state index in [1.165, 1.54) is 0 Å². The molecule has 0 radical (unpaired) electrons. The number of amides is 1. The first-order chi connectivity index (χ1) is 6.66. The molecule has 1 aromatic rings. The van der Waals surface area contributed by atoms with Crippen molar-refractivity contribution in [3.8, 4) is 0 Å². The summed E-state index contributed by atoms with van der Waals surface area (Å²) in [7, 11) is 0. The fourth-order valence-corrected chi connectivity index (χ4v) is 1.60. The molecule has 1 aromatic carbocycles. The topological polar surface area (TPSA) is 29.1 Å². The van der Waals surface area contributed by atoms with E-state index in [0.29, 0.717) is 16.5 Å². The highest BCUT2D eigenvalue weighted by molar-refractivity contribution is 6.42. The van der Waals surface area contributed by atoms with Crippen molar-refractivity contribution in [1.82, 2.24) is 5.32 Å². The molecule has 72 valence electrons. The van der Waals surface area contributed by atoms with Crippen LogP contribution in [-0.2, 0) is 4.79 Å². The average molecular weight is 228 g/mol. The van der Waals surface area contributed by atoms with Crippen LogP contribution in [0.3, 0.4) is 0 Å². The van der Waals surface area contributed by atoms with Crippen LogP contribution in [-0.4, -0.2) is 5.91 Å². The zero-order valence-corrected chi connectivity index (χ0v) is 8.69. The van der Waals surface area contributed by atoms with Gasteiger partial charge in [0.25, 0.3) is 0 Å². The molecule has 0 fully saturated rings. The van der Waals surface area contributed by atoms with Gasteiger partial charge >= 0.3 is 0 Å². The lowest BCUT2D eigenvalue weighted by Gasteiger charge is -2.04. The molecule has 1 N–H and O–H groups in total. The van der Waals surface area contributed by atoms with Crippen molar-refractivity contribution in [1.29, 1.82) is 0 Å². The Labute approximate surface area is 91.5 Å². The maximum atomic E-state index is 11.0. The van der Waals surface area contributed by atoms with Crippen molar-refractivity contribution in [3.05, 3.63) is 39.9 Å². The first-order valence-electron chi connectivity index (χ1n) is 4.12. The Hall–Kier alpha value is -0.990.